The number of benzene rings is 1. The lowest BCUT2D eigenvalue weighted by Gasteiger charge is -2.19. The molecule has 19 heavy (non-hydrogen) atoms. The van der Waals surface area contributed by atoms with Crippen LogP contribution in [0.4, 0.5) is 0 Å². The molecular weight excluding hydrogens is 248 g/mol. The molecule has 5 heteroatoms. The second kappa shape index (κ2) is 4.99. The van der Waals surface area contributed by atoms with Gasteiger partial charge in [-0.15, -0.1) is 0 Å². The highest BCUT2D eigenvalue weighted by molar-refractivity contribution is 5.71. The highest BCUT2D eigenvalue weighted by atomic mass is 16.5. The van der Waals surface area contributed by atoms with Crippen LogP contribution in [0.15, 0.2) is 12.1 Å². The van der Waals surface area contributed by atoms with Crippen LogP contribution in [0.25, 0.3) is 0 Å². The van der Waals surface area contributed by atoms with E-state index in [2.05, 4.69) is 0 Å². The maximum absolute atomic E-state index is 11.0. The fraction of sp³-hybridized carbons (Fsp3) is 0.500. The number of methoxy groups -OCH3 is 3. The molecule has 1 aromatic carbocycles. The zero-order chi connectivity index (χ0) is 14.0. The lowest BCUT2D eigenvalue weighted by molar-refractivity contribution is -0.137. The molecule has 104 valence electrons. The number of aliphatic carboxylic acids is 1. The van der Waals surface area contributed by atoms with E-state index in [0.717, 1.165) is 18.4 Å². The third-order valence-electron chi connectivity index (χ3n) is 3.62. The van der Waals surface area contributed by atoms with E-state index in [1.54, 1.807) is 27.4 Å². The molecule has 1 saturated carbocycles. The van der Waals surface area contributed by atoms with Crippen molar-refractivity contribution in [3.63, 3.8) is 0 Å². The Morgan fingerprint density at radius 2 is 1.63 bits per heavy atom. The molecule has 0 saturated heterocycles. The Hall–Kier alpha value is -1.91. The smallest absolute Gasteiger partial charge is 0.304 e. The largest absolute Gasteiger partial charge is 0.496 e. The van der Waals surface area contributed by atoms with Crippen molar-refractivity contribution in [3.05, 3.63) is 17.7 Å². The summed E-state index contributed by atoms with van der Waals surface area (Å²) >= 11 is 0. The van der Waals surface area contributed by atoms with E-state index in [1.807, 2.05) is 6.07 Å². The van der Waals surface area contributed by atoms with E-state index in [0.29, 0.717) is 17.2 Å². The number of rotatable bonds is 6. The van der Waals surface area contributed by atoms with Gasteiger partial charge in [-0.1, -0.05) is 0 Å². The van der Waals surface area contributed by atoms with Crippen LogP contribution in [-0.4, -0.2) is 32.4 Å². The predicted octanol–water partition coefficient (Wildman–Crippen LogP) is 2.22. The zero-order valence-corrected chi connectivity index (χ0v) is 11.4. The summed E-state index contributed by atoms with van der Waals surface area (Å²) < 4.78 is 15.9. The first-order valence-electron chi connectivity index (χ1n) is 6.08. The second-order valence-electron chi connectivity index (χ2n) is 4.76. The Labute approximate surface area is 112 Å². The third-order valence-corrected chi connectivity index (χ3v) is 3.62. The minimum absolute atomic E-state index is 0.110. The van der Waals surface area contributed by atoms with Crippen LogP contribution in [0.3, 0.4) is 0 Å². The molecule has 0 unspecified atom stereocenters. The summed E-state index contributed by atoms with van der Waals surface area (Å²) in [5, 5.41) is 9.04. The Bertz CT molecular complexity index is 491. The van der Waals surface area contributed by atoms with Gasteiger partial charge in [-0.05, 0) is 18.9 Å². The molecule has 0 bridgehead atoms. The third kappa shape index (κ3) is 2.45. The average molecular weight is 266 g/mol. The van der Waals surface area contributed by atoms with Crippen LogP contribution in [0.2, 0.25) is 0 Å². The van der Waals surface area contributed by atoms with E-state index < -0.39 is 5.97 Å². The molecule has 2 rings (SSSR count). The van der Waals surface area contributed by atoms with Crippen LogP contribution in [-0.2, 0) is 10.2 Å². The minimum Gasteiger partial charge on any atom is -0.496 e. The van der Waals surface area contributed by atoms with Crippen molar-refractivity contribution in [1.82, 2.24) is 0 Å². The number of carboxylic acid groups (broad SMARTS) is 1. The summed E-state index contributed by atoms with van der Waals surface area (Å²) in [6, 6.07) is 3.57. The average Bonchev–Trinajstić information content (AvgIpc) is 3.16. The molecule has 0 radical (unpaired) electrons. The van der Waals surface area contributed by atoms with Crippen molar-refractivity contribution in [1.29, 1.82) is 0 Å². The maximum atomic E-state index is 11.0. The van der Waals surface area contributed by atoms with Gasteiger partial charge in [0.15, 0.2) is 11.5 Å². The van der Waals surface area contributed by atoms with Crippen LogP contribution in [0, 0.1) is 0 Å². The first-order valence-corrected chi connectivity index (χ1v) is 6.08. The summed E-state index contributed by atoms with van der Waals surface area (Å²) in [6.45, 7) is 0. The van der Waals surface area contributed by atoms with Gasteiger partial charge in [0.05, 0.1) is 27.8 Å². The van der Waals surface area contributed by atoms with Crippen LogP contribution < -0.4 is 14.2 Å². The van der Waals surface area contributed by atoms with E-state index in [4.69, 9.17) is 19.3 Å². The summed E-state index contributed by atoms with van der Waals surface area (Å²) in [5.74, 6) is 1.02. The molecule has 5 nitrogen and oxygen atoms in total. The fourth-order valence-corrected chi connectivity index (χ4v) is 2.43. The van der Waals surface area contributed by atoms with Crippen LogP contribution in [0.5, 0.6) is 17.2 Å². The van der Waals surface area contributed by atoms with E-state index in [1.165, 1.54) is 0 Å². The van der Waals surface area contributed by atoms with E-state index >= 15 is 0 Å². The quantitative estimate of drug-likeness (QED) is 0.855. The first-order chi connectivity index (χ1) is 9.06. The lowest BCUT2D eigenvalue weighted by Crippen LogP contribution is -2.14. The fourth-order valence-electron chi connectivity index (χ4n) is 2.43. The van der Waals surface area contributed by atoms with Crippen molar-refractivity contribution in [2.24, 2.45) is 0 Å². The normalized spacial score (nSPS) is 15.7. The molecule has 1 N–H and O–H groups in total. The van der Waals surface area contributed by atoms with E-state index in [9.17, 15) is 4.79 Å². The van der Waals surface area contributed by atoms with Crippen molar-refractivity contribution in [2.75, 3.05) is 21.3 Å². The van der Waals surface area contributed by atoms with Gasteiger partial charge in [-0.3, -0.25) is 4.79 Å². The SMILES string of the molecule is COc1cc(OC)c(C2(CC(=O)O)CC2)cc1OC. The minimum atomic E-state index is -0.797. The second-order valence-corrected chi connectivity index (χ2v) is 4.76. The lowest BCUT2D eigenvalue weighted by atomic mass is 9.91. The molecule has 0 aromatic heterocycles. The van der Waals surface area contributed by atoms with Gasteiger partial charge in [0.25, 0.3) is 0 Å². The van der Waals surface area contributed by atoms with Gasteiger partial charge in [0.1, 0.15) is 5.75 Å². The zero-order valence-electron chi connectivity index (χ0n) is 11.4. The van der Waals surface area contributed by atoms with Gasteiger partial charge in [-0.25, -0.2) is 0 Å². The molecule has 0 aliphatic heterocycles. The van der Waals surface area contributed by atoms with E-state index in [-0.39, 0.29) is 11.8 Å². The number of carbonyl (C=O) groups is 1. The van der Waals surface area contributed by atoms with Crippen molar-refractivity contribution in [2.45, 2.75) is 24.7 Å². The molecule has 0 amide bonds. The standard InChI is InChI=1S/C14H18O5/c1-17-10-7-12(19-3)11(18-2)6-9(10)14(4-5-14)8-13(15)16/h6-7H,4-5,8H2,1-3H3,(H,15,16). The van der Waals surface area contributed by atoms with Crippen LogP contribution >= 0.6 is 0 Å². The molecule has 1 aliphatic carbocycles. The highest BCUT2D eigenvalue weighted by Crippen LogP contribution is 2.55. The number of hydrogen-bond acceptors (Lipinski definition) is 4. The summed E-state index contributed by atoms with van der Waals surface area (Å²) in [7, 11) is 4.69. The van der Waals surface area contributed by atoms with Crippen LogP contribution in [0.1, 0.15) is 24.8 Å². The predicted molar refractivity (Wildman–Crippen MR) is 69.3 cm³/mol. The Balaban J connectivity index is 2.47. The summed E-state index contributed by atoms with van der Waals surface area (Å²) in [5.41, 5.74) is 0.562. The number of hydrogen-bond donors (Lipinski definition) is 1. The molecule has 1 aromatic rings. The van der Waals surface area contributed by atoms with Crippen molar-refractivity contribution < 1.29 is 24.1 Å². The number of carboxylic acids is 1. The Morgan fingerprint density at radius 3 is 2.05 bits per heavy atom. The van der Waals surface area contributed by atoms with Gasteiger partial charge in [-0.2, -0.15) is 0 Å². The first kappa shape index (κ1) is 13.5. The summed E-state index contributed by atoms with van der Waals surface area (Å²) in [4.78, 5) is 11.0. The van der Waals surface area contributed by atoms with Crippen molar-refractivity contribution in [3.8, 4) is 17.2 Å². The monoisotopic (exact) mass is 266 g/mol. The molecule has 0 atom stereocenters. The molecule has 1 fully saturated rings. The topological polar surface area (TPSA) is 65.0 Å². The Morgan fingerprint density at radius 1 is 1.11 bits per heavy atom. The molecule has 1 aliphatic rings. The summed E-state index contributed by atoms with van der Waals surface area (Å²) in [6.07, 6.45) is 1.81. The van der Waals surface area contributed by atoms with Gasteiger partial charge in [0.2, 0.25) is 0 Å². The molecule has 0 spiro atoms. The Kier molecular flexibility index (Phi) is 3.55. The molecular formula is C14H18O5. The van der Waals surface area contributed by atoms with Crippen molar-refractivity contribution >= 4 is 5.97 Å². The van der Waals surface area contributed by atoms with Gasteiger partial charge >= 0.3 is 5.97 Å². The van der Waals surface area contributed by atoms with Gasteiger partial charge < -0.3 is 19.3 Å². The maximum Gasteiger partial charge on any atom is 0.304 e. The van der Waals surface area contributed by atoms with Gasteiger partial charge in [0, 0.05) is 17.0 Å². The molecule has 0 heterocycles. The highest BCUT2D eigenvalue weighted by Gasteiger charge is 2.48. The number of ether oxygens (including phenoxy) is 3.